The minimum atomic E-state index is -0.147. The van der Waals surface area contributed by atoms with Crippen LogP contribution in [0, 0.1) is 11.8 Å². The van der Waals surface area contributed by atoms with Crippen molar-refractivity contribution in [1.82, 2.24) is 9.88 Å². The molecule has 1 saturated carbocycles. The van der Waals surface area contributed by atoms with Crippen LogP contribution in [0.5, 0.6) is 0 Å². The van der Waals surface area contributed by atoms with Gasteiger partial charge in [-0.1, -0.05) is 36.4 Å². The molecule has 0 N–H and O–H groups in total. The molecule has 1 aromatic carbocycles. The van der Waals surface area contributed by atoms with Crippen molar-refractivity contribution in [2.24, 2.45) is 11.8 Å². The van der Waals surface area contributed by atoms with Crippen molar-refractivity contribution in [3.63, 3.8) is 0 Å². The Kier molecular flexibility index (Phi) is 6.00. The first-order valence-electron chi connectivity index (χ1n) is 9.10. The Morgan fingerprint density at radius 3 is 2.62 bits per heavy atom. The molecule has 0 radical (unpaired) electrons. The molecule has 1 heterocycles. The van der Waals surface area contributed by atoms with Crippen LogP contribution in [-0.4, -0.2) is 41.5 Å². The summed E-state index contributed by atoms with van der Waals surface area (Å²) in [6.07, 6.45) is 3.19. The summed E-state index contributed by atoms with van der Waals surface area (Å²) in [7, 11) is 0. The highest BCUT2D eigenvalue weighted by atomic mass is 16.5. The van der Waals surface area contributed by atoms with Gasteiger partial charge in [0.05, 0.1) is 12.5 Å². The van der Waals surface area contributed by atoms with Gasteiger partial charge in [0.25, 0.3) is 5.91 Å². The Bertz CT molecular complexity index is 733. The van der Waals surface area contributed by atoms with E-state index in [-0.39, 0.29) is 23.7 Å². The Balaban J connectivity index is 1.66. The summed E-state index contributed by atoms with van der Waals surface area (Å²) in [4.78, 5) is 30.8. The number of carbonyl (C=O) groups is 2. The zero-order chi connectivity index (χ0) is 18.4. The molecule has 5 heteroatoms. The van der Waals surface area contributed by atoms with E-state index < -0.39 is 0 Å². The second kappa shape index (κ2) is 8.61. The van der Waals surface area contributed by atoms with E-state index in [1.807, 2.05) is 36.1 Å². The van der Waals surface area contributed by atoms with Crippen LogP contribution < -0.4 is 0 Å². The van der Waals surface area contributed by atoms with Gasteiger partial charge < -0.3 is 9.64 Å². The first-order valence-corrected chi connectivity index (χ1v) is 9.10. The van der Waals surface area contributed by atoms with E-state index in [9.17, 15) is 9.59 Å². The van der Waals surface area contributed by atoms with Gasteiger partial charge in [-0.05, 0) is 43.4 Å². The second-order valence-electron chi connectivity index (χ2n) is 6.56. The van der Waals surface area contributed by atoms with Crippen LogP contribution in [-0.2, 0) is 16.0 Å². The van der Waals surface area contributed by atoms with Crippen LogP contribution in [0.2, 0.25) is 0 Å². The molecule has 1 aliphatic carbocycles. The monoisotopic (exact) mass is 352 g/mol. The first kappa shape index (κ1) is 18.1. The smallest absolute Gasteiger partial charge is 0.309 e. The highest BCUT2D eigenvalue weighted by molar-refractivity contribution is 5.92. The van der Waals surface area contributed by atoms with E-state index in [4.69, 9.17) is 4.74 Å². The number of rotatable bonds is 8. The molecular formula is C21H24N2O3. The highest BCUT2D eigenvalue weighted by Gasteiger charge is 2.45. The fraction of sp³-hybridized carbons (Fsp3) is 0.381. The topological polar surface area (TPSA) is 59.5 Å². The number of benzene rings is 1. The zero-order valence-electron chi connectivity index (χ0n) is 15.0. The van der Waals surface area contributed by atoms with Crippen LogP contribution in [0.3, 0.4) is 0 Å². The largest absolute Gasteiger partial charge is 0.466 e. The van der Waals surface area contributed by atoms with E-state index in [0.29, 0.717) is 25.4 Å². The molecule has 1 amide bonds. The maximum Gasteiger partial charge on any atom is 0.309 e. The molecule has 1 fully saturated rings. The SMILES string of the molecule is CCOC(=O)[C@@H]1C[C@@H]1CN(CCc1ccccc1)C(=O)c1ccccn1. The third-order valence-corrected chi connectivity index (χ3v) is 4.65. The lowest BCUT2D eigenvalue weighted by atomic mass is 10.1. The molecule has 1 aromatic heterocycles. The van der Waals surface area contributed by atoms with E-state index >= 15 is 0 Å². The number of esters is 1. The van der Waals surface area contributed by atoms with E-state index in [0.717, 1.165) is 12.8 Å². The molecule has 2 aromatic rings. The van der Waals surface area contributed by atoms with Crippen LogP contribution >= 0.6 is 0 Å². The Morgan fingerprint density at radius 2 is 1.92 bits per heavy atom. The molecule has 0 unspecified atom stereocenters. The van der Waals surface area contributed by atoms with E-state index in [2.05, 4.69) is 17.1 Å². The normalized spacial score (nSPS) is 18.2. The Hall–Kier alpha value is -2.69. The summed E-state index contributed by atoms with van der Waals surface area (Å²) < 4.78 is 5.10. The highest BCUT2D eigenvalue weighted by Crippen LogP contribution is 2.40. The van der Waals surface area contributed by atoms with Gasteiger partial charge in [-0.2, -0.15) is 0 Å². The molecule has 5 nitrogen and oxygen atoms in total. The minimum absolute atomic E-state index is 0.0780. The predicted octanol–water partition coefficient (Wildman–Crippen LogP) is 2.97. The van der Waals surface area contributed by atoms with E-state index in [1.54, 1.807) is 18.3 Å². The van der Waals surface area contributed by atoms with Crippen molar-refractivity contribution in [1.29, 1.82) is 0 Å². The number of aromatic nitrogens is 1. The summed E-state index contributed by atoms with van der Waals surface area (Å²) in [5.74, 6) is -0.134. The number of hydrogen-bond donors (Lipinski definition) is 0. The van der Waals surface area contributed by atoms with Crippen LogP contribution in [0.1, 0.15) is 29.4 Å². The van der Waals surface area contributed by atoms with Crippen molar-refractivity contribution >= 4 is 11.9 Å². The standard InChI is InChI=1S/C21H24N2O3/c1-2-26-21(25)18-14-17(18)15-23(13-11-16-8-4-3-5-9-16)20(24)19-10-6-7-12-22-19/h3-10,12,17-18H,2,11,13-15H2,1H3/t17-,18-/m1/s1. The van der Waals surface area contributed by atoms with Crippen LogP contribution in [0.15, 0.2) is 54.7 Å². The number of pyridine rings is 1. The summed E-state index contributed by atoms with van der Waals surface area (Å²) >= 11 is 0. The van der Waals surface area contributed by atoms with Crippen LogP contribution in [0.4, 0.5) is 0 Å². The molecule has 3 rings (SSSR count). The molecule has 26 heavy (non-hydrogen) atoms. The van der Waals surface area contributed by atoms with Crippen molar-refractivity contribution in [3.8, 4) is 0 Å². The molecule has 0 bridgehead atoms. The van der Waals surface area contributed by atoms with Gasteiger partial charge in [-0.25, -0.2) is 0 Å². The van der Waals surface area contributed by atoms with Gasteiger partial charge in [0.2, 0.25) is 0 Å². The maximum atomic E-state index is 12.9. The third kappa shape index (κ3) is 4.69. The lowest BCUT2D eigenvalue weighted by Gasteiger charge is -2.22. The predicted molar refractivity (Wildman–Crippen MR) is 98.5 cm³/mol. The summed E-state index contributed by atoms with van der Waals surface area (Å²) in [6, 6.07) is 15.4. The lowest BCUT2D eigenvalue weighted by Crippen LogP contribution is -2.35. The van der Waals surface area contributed by atoms with Crippen molar-refractivity contribution < 1.29 is 14.3 Å². The van der Waals surface area contributed by atoms with Crippen molar-refractivity contribution in [2.75, 3.05) is 19.7 Å². The van der Waals surface area contributed by atoms with Crippen molar-refractivity contribution in [3.05, 3.63) is 66.0 Å². The summed E-state index contributed by atoms with van der Waals surface area (Å²) in [6.45, 7) is 3.37. The van der Waals surface area contributed by atoms with Gasteiger partial charge >= 0.3 is 5.97 Å². The number of ether oxygens (including phenoxy) is 1. The lowest BCUT2D eigenvalue weighted by molar-refractivity contribution is -0.145. The van der Waals surface area contributed by atoms with Crippen LogP contribution in [0.25, 0.3) is 0 Å². The zero-order valence-corrected chi connectivity index (χ0v) is 15.0. The number of amides is 1. The molecule has 0 aliphatic heterocycles. The molecular weight excluding hydrogens is 328 g/mol. The number of nitrogens with zero attached hydrogens (tertiary/aromatic N) is 2. The van der Waals surface area contributed by atoms with Gasteiger partial charge in [0.1, 0.15) is 5.69 Å². The molecule has 0 spiro atoms. The van der Waals surface area contributed by atoms with Gasteiger partial charge in [0.15, 0.2) is 0 Å². The average Bonchev–Trinajstić information content (AvgIpc) is 3.46. The molecule has 2 atom stereocenters. The number of carbonyl (C=O) groups excluding carboxylic acids is 2. The Morgan fingerprint density at radius 1 is 1.15 bits per heavy atom. The van der Waals surface area contributed by atoms with Gasteiger partial charge in [-0.3, -0.25) is 14.6 Å². The molecule has 0 saturated heterocycles. The fourth-order valence-corrected chi connectivity index (χ4v) is 3.11. The quantitative estimate of drug-likeness (QED) is 0.686. The summed E-state index contributed by atoms with van der Waals surface area (Å²) in [5.41, 5.74) is 1.62. The summed E-state index contributed by atoms with van der Waals surface area (Å²) in [5, 5.41) is 0. The fourth-order valence-electron chi connectivity index (χ4n) is 3.11. The Labute approximate surface area is 154 Å². The maximum absolute atomic E-state index is 12.9. The molecule has 1 aliphatic rings. The number of hydrogen-bond acceptors (Lipinski definition) is 4. The average molecular weight is 352 g/mol. The second-order valence-corrected chi connectivity index (χ2v) is 6.56. The van der Waals surface area contributed by atoms with E-state index in [1.165, 1.54) is 5.56 Å². The first-order chi connectivity index (χ1) is 12.7. The van der Waals surface area contributed by atoms with Crippen molar-refractivity contribution in [2.45, 2.75) is 19.8 Å². The van der Waals surface area contributed by atoms with Gasteiger partial charge in [0, 0.05) is 19.3 Å². The molecule has 136 valence electrons. The van der Waals surface area contributed by atoms with Gasteiger partial charge in [-0.15, -0.1) is 0 Å². The third-order valence-electron chi connectivity index (χ3n) is 4.65. The minimum Gasteiger partial charge on any atom is -0.466 e.